The predicted octanol–water partition coefficient (Wildman–Crippen LogP) is 12.4. The third kappa shape index (κ3) is 4.75. The number of fused-ring (bicyclic) bond motifs is 4. The summed E-state index contributed by atoms with van der Waals surface area (Å²) in [6.45, 7) is 0. The summed E-state index contributed by atoms with van der Waals surface area (Å²) in [5, 5.41) is 10.6. The molecule has 1 aliphatic rings. The van der Waals surface area contributed by atoms with Gasteiger partial charge in [-0.15, -0.1) is 69.1 Å². The Hall–Kier alpha value is -4.07. The molecule has 8 aromatic carbocycles. The molecule has 0 radical (unpaired) electrons. The monoisotopic (exact) mass is 744 g/mol. The van der Waals surface area contributed by atoms with Gasteiger partial charge in [-0.25, -0.2) is 0 Å². The molecular weight excluding hydrogens is 707 g/mol. The molecule has 0 unspecified atom stereocenters. The van der Waals surface area contributed by atoms with Gasteiger partial charge in [-0.1, -0.05) is 115 Å². The third-order valence-electron chi connectivity index (χ3n) is 9.97. The standard InChI is InChI=1S/C42H30.2CH3.Hf/c1-3-16-34-28(10-1)12-5-18-36(34)38-20-7-14-30-24-32(26-40(30)38)42(22-9-23-42)33-25-31-15-8-21-39(41(31)27-33)37-19-6-13-29-11-2-4-17-35(29)37;;;/h1-8,10-21,24-27H,9,22-23H2;2*1H3;/q-2;2*-1;+4. The van der Waals surface area contributed by atoms with Crippen LogP contribution in [-0.4, -0.2) is 0 Å². The molecule has 0 bridgehead atoms. The van der Waals surface area contributed by atoms with Crippen molar-refractivity contribution in [2.45, 2.75) is 24.7 Å². The Morgan fingerprint density at radius 3 is 1.22 bits per heavy atom. The Balaban J connectivity index is 0.00000119. The van der Waals surface area contributed by atoms with Crippen LogP contribution in [0, 0.1) is 14.9 Å². The average Bonchev–Trinajstić information content (AvgIpc) is 3.65. The fraction of sp³-hybridized carbons (Fsp3) is 0.0909. The van der Waals surface area contributed by atoms with E-state index in [1.165, 1.54) is 95.7 Å². The minimum absolute atomic E-state index is 0. The van der Waals surface area contributed by atoms with E-state index in [0.717, 1.165) is 0 Å². The van der Waals surface area contributed by atoms with E-state index in [-0.39, 0.29) is 46.1 Å². The van der Waals surface area contributed by atoms with Crippen LogP contribution in [-0.2, 0) is 31.3 Å². The molecule has 0 N–H and O–H groups in total. The maximum absolute atomic E-state index is 2.51. The van der Waals surface area contributed by atoms with Gasteiger partial charge in [-0.05, 0) is 50.9 Å². The first-order valence-corrected chi connectivity index (χ1v) is 15.1. The zero-order valence-corrected chi connectivity index (χ0v) is 29.6. The van der Waals surface area contributed by atoms with Crippen LogP contribution in [0.25, 0.3) is 65.3 Å². The summed E-state index contributed by atoms with van der Waals surface area (Å²) in [5.74, 6) is 0. The molecule has 216 valence electrons. The van der Waals surface area contributed by atoms with Crippen molar-refractivity contribution in [3.05, 3.63) is 172 Å². The first-order chi connectivity index (χ1) is 20.8. The summed E-state index contributed by atoms with van der Waals surface area (Å²) in [4.78, 5) is 0. The predicted molar refractivity (Wildman–Crippen MR) is 192 cm³/mol. The largest absolute Gasteiger partial charge is 4.00 e. The minimum atomic E-state index is 0. The van der Waals surface area contributed by atoms with E-state index >= 15 is 0 Å². The fourth-order valence-corrected chi connectivity index (χ4v) is 7.69. The average molecular weight is 743 g/mol. The van der Waals surface area contributed by atoms with Gasteiger partial charge in [0.1, 0.15) is 0 Å². The second-order valence-electron chi connectivity index (χ2n) is 12.1. The molecule has 1 aliphatic carbocycles. The van der Waals surface area contributed by atoms with Crippen LogP contribution in [0.2, 0.25) is 0 Å². The molecule has 9 rings (SSSR count). The number of hydrogen-bond acceptors (Lipinski definition) is 0. The van der Waals surface area contributed by atoms with Crippen molar-refractivity contribution in [3.8, 4) is 22.3 Å². The SMILES string of the molecule is [CH3-].[CH3-].[Hf+4].c1ccc2c(-c3cccc4[cH-]c(C5(c6cc7c(-c8cccc9ccccc89)cccc7[cH-]6)CCC5)cc34)cccc2c1. The van der Waals surface area contributed by atoms with E-state index in [4.69, 9.17) is 0 Å². The van der Waals surface area contributed by atoms with Crippen molar-refractivity contribution in [1.82, 2.24) is 0 Å². The number of rotatable bonds is 4. The molecule has 45 heavy (non-hydrogen) atoms. The third-order valence-corrected chi connectivity index (χ3v) is 9.97. The number of benzene rings is 6. The Bertz CT molecular complexity index is 2120. The summed E-state index contributed by atoms with van der Waals surface area (Å²) in [5.41, 5.74) is 8.31. The fourth-order valence-electron chi connectivity index (χ4n) is 7.69. The first-order valence-electron chi connectivity index (χ1n) is 15.1. The molecule has 1 fully saturated rings. The van der Waals surface area contributed by atoms with Crippen molar-refractivity contribution in [3.63, 3.8) is 0 Å². The van der Waals surface area contributed by atoms with Crippen LogP contribution in [0.4, 0.5) is 0 Å². The molecule has 0 aromatic heterocycles. The molecule has 0 spiro atoms. The van der Waals surface area contributed by atoms with E-state index in [9.17, 15) is 0 Å². The zero-order valence-electron chi connectivity index (χ0n) is 26.0. The van der Waals surface area contributed by atoms with Crippen LogP contribution in [0.1, 0.15) is 30.4 Å². The second kappa shape index (κ2) is 12.0. The van der Waals surface area contributed by atoms with E-state index in [2.05, 4.69) is 146 Å². The van der Waals surface area contributed by atoms with E-state index in [1.807, 2.05) is 0 Å². The van der Waals surface area contributed by atoms with Crippen molar-refractivity contribution in [2.75, 3.05) is 0 Å². The van der Waals surface area contributed by atoms with Crippen molar-refractivity contribution in [2.24, 2.45) is 0 Å². The number of hydrogen-bond donors (Lipinski definition) is 0. The van der Waals surface area contributed by atoms with Gasteiger partial charge in [0.05, 0.1) is 0 Å². The molecule has 1 heteroatoms. The maximum Gasteiger partial charge on any atom is 4.00 e. The van der Waals surface area contributed by atoms with Gasteiger partial charge in [-0.2, -0.15) is 12.1 Å². The summed E-state index contributed by atoms with van der Waals surface area (Å²) < 4.78 is 0. The molecule has 0 atom stereocenters. The van der Waals surface area contributed by atoms with E-state index in [1.54, 1.807) is 0 Å². The maximum atomic E-state index is 2.51. The van der Waals surface area contributed by atoms with Gasteiger partial charge in [0.25, 0.3) is 0 Å². The molecule has 0 amide bonds. The minimum Gasteiger partial charge on any atom is -0.358 e. The van der Waals surface area contributed by atoms with Crippen LogP contribution in [0.5, 0.6) is 0 Å². The van der Waals surface area contributed by atoms with Gasteiger partial charge < -0.3 is 14.9 Å². The summed E-state index contributed by atoms with van der Waals surface area (Å²) in [7, 11) is 0. The van der Waals surface area contributed by atoms with Crippen molar-refractivity contribution < 1.29 is 25.8 Å². The summed E-state index contributed by atoms with van der Waals surface area (Å²) >= 11 is 0. The molecule has 0 nitrogen and oxygen atoms in total. The molecule has 0 aliphatic heterocycles. The van der Waals surface area contributed by atoms with Crippen molar-refractivity contribution >= 4 is 43.1 Å². The van der Waals surface area contributed by atoms with Gasteiger partial charge in [-0.3, -0.25) is 0 Å². The Kier molecular flexibility index (Phi) is 8.27. The normalized spacial score (nSPS) is 13.6. The quantitative estimate of drug-likeness (QED) is 0.124. The second-order valence-corrected chi connectivity index (χ2v) is 12.1. The smallest absolute Gasteiger partial charge is 0.358 e. The van der Waals surface area contributed by atoms with Crippen LogP contribution < -0.4 is 0 Å². The molecule has 1 saturated carbocycles. The van der Waals surface area contributed by atoms with Crippen LogP contribution in [0.15, 0.2) is 146 Å². The van der Waals surface area contributed by atoms with Crippen LogP contribution >= 0.6 is 0 Å². The van der Waals surface area contributed by atoms with Crippen molar-refractivity contribution in [1.29, 1.82) is 0 Å². The molecular formula is C44H36Hf. The summed E-state index contributed by atoms with van der Waals surface area (Å²) in [6, 6.07) is 54.5. The van der Waals surface area contributed by atoms with E-state index < -0.39 is 0 Å². The van der Waals surface area contributed by atoms with Gasteiger partial charge in [0.15, 0.2) is 0 Å². The first kappa shape index (κ1) is 30.9. The summed E-state index contributed by atoms with van der Waals surface area (Å²) in [6.07, 6.45) is 3.68. The molecule has 0 saturated heterocycles. The van der Waals surface area contributed by atoms with Crippen LogP contribution in [0.3, 0.4) is 0 Å². The molecule has 8 aromatic rings. The van der Waals surface area contributed by atoms with Gasteiger partial charge in [0, 0.05) is 0 Å². The van der Waals surface area contributed by atoms with Gasteiger partial charge in [0.2, 0.25) is 0 Å². The molecule has 0 heterocycles. The Labute approximate surface area is 285 Å². The Morgan fingerprint density at radius 2 is 0.800 bits per heavy atom. The van der Waals surface area contributed by atoms with Gasteiger partial charge >= 0.3 is 25.8 Å². The Morgan fingerprint density at radius 1 is 0.422 bits per heavy atom. The van der Waals surface area contributed by atoms with E-state index in [0.29, 0.717) is 0 Å². The zero-order chi connectivity index (χ0) is 27.7. The topological polar surface area (TPSA) is 0 Å².